The van der Waals surface area contributed by atoms with Gasteiger partial charge in [0.2, 0.25) is 0 Å². The molecule has 1 heterocycles. The molecule has 0 amide bonds. The van der Waals surface area contributed by atoms with Gasteiger partial charge in [-0.2, -0.15) is 0 Å². The Morgan fingerprint density at radius 1 is 1.19 bits per heavy atom. The Balaban J connectivity index is 2.05. The maximum absolute atomic E-state index is 11.7. The van der Waals surface area contributed by atoms with Gasteiger partial charge in [0.25, 0.3) is 0 Å². The molecule has 0 saturated carbocycles. The van der Waals surface area contributed by atoms with E-state index in [1.54, 1.807) is 24.3 Å². The smallest absolute Gasteiger partial charge is 0.331 e. The molecule has 21 heavy (non-hydrogen) atoms. The Labute approximate surface area is 127 Å². The molecule has 0 spiro atoms. The Morgan fingerprint density at radius 3 is 2.57 bits per heavy atom. The van der Waals surface area contributed by atoms with Gasteiger partial charge in [-0.05, 0) is 53.9 Å². The number of rotatable bonds is 2. The third kappa shape index (κ3) is 2.54. The number of phenolic OH excluding ortho intramolecular Hbond substituents is 1. The molecule has 108 valence electrons. The number of aromatic hydroxyl groups is 1. The third-order valence-electron chi connectivity index (χ3n) is 3.75. The number of nitrogens with zero attached hydrogens (tertiary/aromatic N) is 1. The maximum atomic E-state index is 11.7. The van der Waals surface area contributed by atoms with E-state index in [2.05, 4.69) is 0 Å². The first-order valence-electron chi connectivity index (χ1n) is 6.63. The van der Waals surface area contributed by atoms with Gasteiger partial charge in [-0.3, -0.25) is 0 Å². The van der Waals surface area contributed by atoms with Crippen LogP contribution in [0.5, 0.6) is 5.75 Å². The standard InChI is InChI=1S/C16H14ClNO3/c17-11-1-3-12(4-2-11)18-8-7-10-9-13(19)5-6-14(10)15(18)16(20)21/h1-6,9,15,19H,7-8H2,(H,20,21)/t15-/m1/s1. The summed E-state index contributed by atoms with van der Waals surface area (Å²) >= 11 is 5.89. The molecule has 0 saturated heterocycles. The van der Waals surface area contributed by atoms with Crippen molar-refractivity contribution in [3.05, 3.63) is 58.6 Å². The van der Waals surface area contributed by atoms with E-state index in [4.69, 9.17) is 11.6 Å². The molecule has 2 aromatic rings. The van der Waals surface area contributed by atoms with Gasteiger partial charge in [0, 0.05) is 17.3 Å². The molecule has 0 aromatic heterocycles. The van der Waals surface area contributed by atoms with Gasteiger partial charge in [0.15, 0.2) is 6.04 Å². The van der Waals surface area contributed by atoms with E-state index in [0.29, 0.717) is 18.0 Å². The van der Waals surface area contributed by atoms with Crippen LogP contribution in [0.2, 0.25) is 5.02 Å². The molecule has 5 heteroatoms. The van der Waals surface area contributed by atoms with Crippen LogP contribution >= 0.6 is 11.6 Å². The maximum Gasteiger partial charge on any atom is 0.331 e. The predicted molar refractivity (Wildman–Crippen MR) is 81.0 cm³/mol. The molecule has 0 bridgehead atoms. The Bertz CT molecular complexity index is 684. The van der Waals surface area contributed by atoms with E-state index in [1.165, 1.54) is 6.07 Å². The summed E-state index contributed by atoms with van der Waals surface area (Å²) in [5, 5.41) is 19.8. The number of hydrogen-bond acceptors (Lipinski definition) is 3. The normalized spacial score (nSPS) is 17.4. The van der Waals surface area contributed by atoms with Crippen molar-refractivity contribution in [3.63, 3.8) is 0 Å². The van der Waals surface area contributed by atoms with Crippen LogP contribution < -0.4 is 4.90 Å². The summed E-state index contributed by atoms with van der Waals surface area (Å²) in [4.78, 5) is 13.6. The quantitative estimate of drug-likeness (QED) is 0.894. The minimum absolute atomic E-state index is 0.165. The average Bonchev–Trinajstić information content (AvgIpc) is 2.46. The topological polar surface area (TPSA) is 60.8 Å². The molecule has 1 aliphatic rings. The number of hydrogen-bond donors (Lipinski definition) is 2. The zero-order chi connectivity index (χ0) is 15.0. The highest BCUT2D eigenvalue weighted by atomic mass is 35.5. The van der Waals surface area contributed by atoms with Crippen molar-refractivity contribution >= 4 is 23.3 Å². The summed E-state index contributed by atoms with van der Waals surface area (Å²) in [5.74, 6) is -0.741. The number of carboxylic acid groups (broad SMARTS) is 1. The molecule has 2 aromatic carbocycles. The zero-order valence-electron chi connectivity index (χ0n) is 11.2. The lowest BCUT2D eigenvalue weighted by atomic mass is 9.92. The van der Waals surface area contributed by atoms with Gasteiger partial charge in [-0.25, -0.2) is 4.79 Å². The van der Waals surface area contributed by atoms with Crippen LogP contribution in [0.1, 0.15) is 17.2 Å². The average molecular weight is 304 g/mol. The number of aliphatic carboxylic acids is 1. The van der Waals surface area contributed by atoms with Crippen LogP contribution in [0.15, 0.2) is 42.5 Å². The highest BCUT2D eigenvalue weighted by Crippen LogP contribution is 2.35. The lowest BCUT2D eigenvalue weighted by Crippen LogP contribution is -2.39. The second-order valence-electron chi connectivity index (χ2n) is 5.04. The van der Waals surface area contributed by atoms with Crippen molar-refractivity contribution in [1.29, 1.82) is 0 Å². The molecule has 0 aliphatic carbocycles. The van der Waals surface area contributed by atoms with Gasteiger partial charge in [-0.1, -0.05) is 17.7 Å². The SMILES string of the molecule is O=C(O)[C@H]1c2ccc(O)cc2CCN1c1ccc(Cl)cc1. The van der Waals surface area contributed by atoms with Gasteiger partial charge in [-0.15, -0.1) is 0 Å². The summed E-state index contributed by atoms with van der Waals surface area (Å²) in [6.07, 6.45) is 0.691. The third-order valence-corrected chi connectivity index (χ3v) is 4.00. The lowest BCUT2D eigenvalue weighted by molar-refractivity contribution is -0.138. The van der Waals surface area contributed by atoms with E-state index in [1.807, 2.05) is 17.0 Å². The first-order valence-corrected chi connectivity index (χ1v) is 7.01. The van der Waals surface area contributed by atoms with Gasteiger partial charge >= 0.3 is 5.97 Å². The van der Waals surface area contributed by atoms with E-state index in [9.17, 15) is 15.0 Å². The number of phenols is 1. The van der Waals surface area contributed by atoms with E-state index in [-0.39, 0.29) is 5.75 Å². The molecule has 1 atom stereocenters. The summed E-state index contributed by atoms with van der Waals surface area (Å²) in [6, 6.07) is 11.3. The first kappa shape index (κ1) is 13.8. The number of halogens is 1. The largest absolute Gasteiger partial charge is 0.508 e. The van der Waals surface area contributed by atoms with E-state index >= 15 is 0 Å². The lowest BCUT2D eigenvalue weighted by Gasteiger charge is -2.36. The van der Waals surface area contributed by atoms with Crippen LogP contribution in [0.3, 0.4) is 0 Å². The molecule has 2 N–H and O–H groups in total. The number of benzene rings is 2. The fourth-order valence-electron chi connectivity index (χ4n) is 2.79. The molecule has 1 aliphatic heterocycles. The van der Waals surface area contributed by atoms with Crippen LogP contribution in [0, 0.1) is 0 Å². The molecular weight excluding hydrogens is 290 g/mol. The predicted octanol–water partition coefficient (Wildman–Crippen LogP) is 3.23. The second-order valence-corrected chi connectivity index (χ2v) is 5.48. The van der Waals surface area contributed by atoms with Gasteiger partial charge in [0.05, 0.1) is 0 Å². The fraction of sp³-hybridized carbons (Fsp3) is 0.188. The zero-order valence-corrected chi connectivity index (χ0v) is 11.9. The Kier molecular flexibility index (Phi) is 3.47. The van der Waals surface area contributed by atoms with Crippen LogP contribution in [0.25, 0.3) is 0 Å². The fourth-order valence-corrected chi connectivity index (χ4v) is 2.92. The minimum Gasteiger partial charge on any atom is -0.508 e. The highest BCUT2D eigenvalue weighted by molar-refractivity contribution is 6.30. The number of anilines is 1. The molecule has 3 rings (SSSR count). The first-order chi connectivity index (χ1) is 10.1. The number of fused-ring (bicyclic) bond motifs is 1. The second kappa shape index (κ2) is 5.30. The molecule has 0 unspecified atom stereocenters. The summed E-state index contributed by atoms with van der Waals surface area (Å²) in [5.41, 5.74) is 2.43. The van der Waals surface area contributed by atoms with Crippen LogP contribution in [-0.2, 0) is 11.2 Å². The summed E-state index contributed by atoms with van der Waals surface area (Å²) in [6.45, 7) is 0.578. The van der Waals surface area contributed by atoms with Gasteiger partial charge < -0.3 is 15.1 Å². The molecular formula is C16H14ClNO3. The summed E-state index contributed by atoms with van der Waals surface area (Å²) in [7, 11) is 0. The van der Waals surface area contributed by atoms with Crippen molar-refractivity contribution in [2.75, 3.05) is 11.4 Å². The van der Waals surface area contributed by atoms with Crippen LogP contribution in [0.4, 0.5) is 5.69 Å². The highest BCUT2D eigenvalue weighted by Gasteiger charge is 2.33. The molecule has 0 radical (unpaired) electrons. The minimum atomic E-state index is -0.906. The monoisotopic (exact) mass is 303 g/mol. The van der Waals surface area contributed by atoms with Gasteiger partial charge in [0.1, 0.15) is 5.75 Å². The van der Waals surface area contributed by atoms with Crippen molar-refractivity contribution in [3.8, 4) is 5.75 Å². The summed E-state index contributed by atoms with van der Waals surface area (Å²) < 4.78 is 0. The van der Waals surface area contributed by atoms with Crippen molar-refractivity contribution in [1.82, 2.24) is 0 Å². The van der Waals surface area contributed by atoms with E-state index < -0.39 is 12.0 Å². The van der Waals surface area contributed by atoms with Crippen molar-refractivity contribution < 1.29 is 15.0 Å². The Morgan fingerprint density at radius 2 is 1.90 bits per heavy atom. The number of carboxylic acids is 1. The molecule has 0 fully saturated rings. The van der Waals surface area contributed by atoms with Crippen molar-refractivity contribution in [2.24, 2.45) is 0 Å². The Hall–Kier alpha value is -2.20. The van der Waals surface area contributed by atoms with Crippen LogP contribution in [-0.4, -0.2) is 22.7 Å². The molecule has 4 nitrogen and oxygen atoms in total. The van der Waals surface area contributed by atoms with Crippen molar-refractivity contribution in [2.45, 2.75) is 12.5 Å². The number of carbonyl (C=O) groups is 1. The van der Waals surface area contributed by atoms with E-state index in [0.717, 1.165) is 16.8 Å².